The van der Waals surface area contributed by atoms with Crippen molar-refractivity contribution in [1.82, 2.24) is 20.9 Å². The first kappa shape index (κ1) is 45.4. The fourth-order valence-corrected chi connectivity index (χ4v) is 6.03. The predicted octanol–water partition coefficient (Wildman–Crippen LogP) is 3.97. The number of nitrogens with two attached hydrogens (primary N) is 1. The zero-order chi connectivity index (χ0) is 41.6. The van der Waals surface area contributed by atoms with Crippen LogP contribution in [0.1, 0.15) is 77.6 Å². The summed E-state index contributed by atoms with van der Waals surface area (Å²) in [4.78, 5) is 89.3. The minimum absolute atomic E-state index is 0.125. The molecule has 2 atom stereocenters. The second kappa shape index (κ2) is 24.5. The van der Waals surface area contributed by atoms with Crippen molar-refractivity contribution >= 4 is 41.3 Å². The van der Waals surface area contributed by atoms with Crippen LogP contribution in [0.15, 0.2) is 91.0 Å². The summed E-state index contributed by atoms with van der Waals surface area (Å²) >= 11 is 0. The summed E-state index contributed by atoms with van der Waals surface area (Å²) in [5, 5.41) is 7.95. The summed E-state index contributed by atoms with van der Waals surface area (Å²) in [6, 6.07) is 22.8. The van der Waals surface area contributed by atoms with Crippen LogP contribution >= 0.6 is 0 Å². The molecule has 0 fully saturated rings. The summed E-state index contributed by atoms with van der Waals surface area (Å²) in [5.74, 6) is -3.39. The largest absolute Gasteiger partial charge is 0.454 e. The number of unbranched alkanes of at least 4 members (excludes halogenated alkanes) is 3. The van der Waals surface area contributed by atoms with Crippen molar-refractivity contribution in [2.75, 3.05) is 26.2 Å². The van der Waals surface area contributed by atoms with Crippen molar-refractivity contribution in [1.29, 1.82) is 0 Å². The number of benzene rings is 3. The van der Waals surface area contributed by atoms with Crippen LogP contribution in [-0.4, -0.2) is 84.5 Å². The van der Waals surface area contributed by atoms with Crippen LogP contribution in [0.3, 0.4) is 0 Å². The van der Waals surface area contributed by atoms with Gasteiger partial charge in [-0.2, -0.15) is 0 Å². The van der Waals surface area contributed by atoms with E-state index in [-0.39, 0.29) is 43.5 Å². The quantitative estimate of drug-likeness (QED) is 0.0703. The Bertz CT molecular complexity index is 1810. The maximum atomic E-state index is 13.3. The number of nitrogens with zero attached hydrogens (tertiary/aromatic N) is 1. The highest BCUT2D eigenvalue weighted by atomic mass is 16.5. The maximum absolute atomic E-state index is 13.3. The number of ether oxygens (including phenoxy) is 1. The third kappa shape index (κ3) is 16.4. The van der Waals surface area contributed by atoms with E-state index in [0.717, 1.165) is 21.6 Å². The molecule has 3 aromatic carbocycles. The first-order valence-corrected chi connectivity index (χ1v) is 19.3. The zero-order valence-electron chi connectivity index (χ0n) is 33.1. The molecule has 3 aromatic rings. The lowest BCUT2D eigenvalue weighted by molar-refractivity contribution is -0.137. The standard InChI is InChI=1S/C37H47N5O8.C7H8/c1-25-12-11-13-26(2)35(25)37(49)50-24-30(43)28(16-8-9-20-38)40-32(45)23-39-36(48)29(22-27-14-5-3-6-15-27)41-31(44)17-7-4-10-21-42-33(46)18-19-34(42)47;1-7-5-3-2-4-6-7/h3,5-6,11-15,18-19,28-29H,4,7-10,16-17,20-24,38H2,1-2H3,(H,39,48)(H,40,45)(H,41,44);2-6H,1H3. The molecule has 0 aliphatic carbocycles. The Labute approximate surface area is 334 Å². The number of esters is 1. The van der Waals surface area contributed by atoms with E-state index < -0.39 is 48.8 Å². The Kier molecular flexibility index (Phi) is 19.6. The van der Waals surface area contributed by atoms with Gasteiger partial charge in [-0.05, 0) is 76.1 Å². The maximum Gasteiger partial charge on any atom is 0.339 e. The average molecular weight is 782 g/mol. The van der Waals surface area contributed by atoms with Crippen LogP contribution in [0.25, 0.3) is 0 Å². The normalized spacial score (nSPS) is 12.9. The third-order valence-corrected chi connectivity index (χ3v) is 9.19. The molecule has 2 unspecified atom stereocenters. The Morgan fingerprint density at radius 1 is 0.702 bits per heavy atom. The number of ketones is 1. The molecule has 4 rings (SSSR count). The van der Waals surface area contributed by atoms with Gasteiger partial charge in [-0.1, -0.05) is 90.8 Å². The molecule has 57 heavy (non-hydrogen) atoms. The molecule has 1 aliphatic rings. The fraction of sp³-hybridized carbons (Fsp3) is 0.386. The number of nitrogens with one attached hydrogen (secondary N) is 3. The van der Waals surface area contributed by atoms with E-state index in [1.807, 2.05) is 54.6 Å². The van der Waals surface area contributed by atoms with Gasteiger partial charge >= 0.3 is 5.97 Å². The highest BCUT2D eigenvalue weighted by Gasteiger charge is 2.26. The van der Waals surface area contributed by atoms with E-state index in [1.54, 1.807) is 26.0 Å². The van der Waals surface area contributed by atoms with Gasteiger partial charge in [0.2, 0.25) is 17.7 Å². The van der Waals surface area contributed by atoms with Crippen molar-refractivity contribution in [3.8, 4) is 0 Å². The monoisotopic (exact) mass is 781 g/mol. The molecule has 0 aromatic heterocycles. The van der Waals surface area contributed by atoms with Crippen LogP contribution in [0.5, 0.6) is 0 Å². The number of aryl methyl sites for hydroxylation is 3. The Balaban J connectivity index is 0.00000112. The van der Waals surface area contributed by atoms with Crippen molar-refractivity contribution < 1.29 is 38.3 Å². The van der Waals surface area contributed by atoms with Crippen LogP contribution in [0.2, 0.25) is 0 Å². The molecule has 1 aliphatic heterocycles. The van der Waals surface area contributed by atoms with Crippen molar-refractivity contribution in [3.05, 3.63) is 119 Å². The van der Waals surface area contributed by atoms with E-state index in [1.165, 1.54) is 17.7 Å². The molecule has 0 saturated carbocycles. The van der Waals surface area contributed by atoms with E-state index in [2.05, 4.69) is 35.0 Å². The SMILES string of the molecule is Cc1cccc(C)c1C(=O)OCC(=O)C(CCCCN)NC(=O)CNC(=O)C(Cc1ccccc1)NC(=O)CCCCCN1C(=O)C=CC1=O.Cc1ccccc1. The second-order valence-corrected chi connectivity index (χ2v) is 13.9. The zero-order valence-corrected chi connectivity index (χ0v) is 33.1. The van der Waals surface area contributed by atoms with Crippen LogP contribution in [-0.2, 0) is 39.9 Å². The van der Waals surface area contributed by atoms with E-state index in [9.17, 15) is 33.6 Å². The van der Waals surface area contributed by atoms with E-state index in [0.29, 0.717) is 44.2 Å². The predicted molar refractivity (Wildman–Crippen MR) is 217 cm³/mol. The number of amides is 5. The number of carbonyl (C=O) groups excluding carboxylic acids is 7. The number of rotatable bonds is 21. The second-order valence-electron chi connectivity index (χ2n) is 13.9. The Morgan fingerprint density at radius 3 is 1.91 bits per heavy atom. The van der Waals surface area contributed by atoms with Crippen LogP contribution in [0, 0.1) is 20.8 Å². The highest BCUT2D eigenvalue weighted by molar-refractivity contribution is 6.12. The molecule has 0 saturated heterocycles. The minimum Gasteiger partial charge on any atom is -0.454 e. The van der Waals surface area contributed by atoms with Gasteiger partial charge in [0.05, 0.1) is 18.2 Å². The molecular weight excluding hydrogens is 727 g/mol. The molecule has 13 heteroatoms. The number of hydrogen-bond donors (Lipinski definition) is 4. The lowest BCUT2D eigenvalue weighted by Gasteiger charge is -2.20. The molecule has 0 spiro atoms. The first-order chi connectivity index (χ1) is 27.4. The lowest BCUT2D eigenvalue weighted by Crippen LogP contribution is -2.51. The number of hydrogen-bond acceptors (Lipinski definition) is 9. The molecule has 5 N–H and O–H groups in total. The Hall–Kier alpha value is -5.95. The summed E-state index contributed by atoms with van der Waals surface area (Å²) in [6.07, 6.45) is 5.81. The van der Waals surface area contributed by atoms with Gasteiger partial charge < -0.3 is 26.4 Å². The average Bonchev–Trinajstić information content (AvgIpc) is 3.51. The molecular formula is C44H55N5O8. The fourth-order valence-electron chi connectivity index (χ4n) is 6.03. The molecule has 5 amide bonds. The van der Waals surface area contributed by atoms with Crippen molar-refractivity contribution in [2.45, 2.75) is 84.2 Å². The topological polar surface area (TPSA) is 194 Å². The molecule has 13 nitrogen and oxygen atoms in total. The molecule has 0 bridgehead atoms. The summed E-state index contributed by atoms with van der Waals surface area (Å²) in [6.45, 7) is 5.31. The van der Waals surface area contributed by atoms with Gasteiger partial charge in [0, 0.05) is 31.5 Å². The molecule has 0 radical (unpaired) electrons. The van der Waals surface area contributed by atoms with Gasteiger partial charge in [-0.15, -0.1) is 0 Å². The van der Waals surface area contributed by atoms with Crippen LogP contribution in [0.4, 0.5) is 0 Å². The van der Waals surface area contributed by atoms with Gasteiger partial charge in [0.1, 0.15) is 6.04 Å². The number of Topliss-reactive ketones (excluding diaryl/α,β-unsaturated/α-hetero) is 1. The summed E-state index contributed by atoms with van der Waals surface area (Å²) in [5.41, 5.74) is 9.55. The molecule has 1 heterocycles. The van der Waals surface area contributed by atoms with Gasteiger partial charge in [0.15, 0.2) is 12.4 Å². The van der Waals surface area contributed by atoms with E-state index in [4.69, 9.17) is 10.5 Å². The summed E-state index contributed by atoms with van der Waals surface area (Å²) in [7, 11) is 0. The van der Waals surface area contributed by atoms with Crippen molar-refractivity contribution in [2.24, 2.45) is 5.73 Å². The highest BCUT2D eigenvalue weighted by Crippen LogP contribution is 2.15. The minimum atomic E-state index is -0.977. The Morgan fingerprint density at radius 2 is 1.32 bits per heavy atom. The number of imide groups is 1. The molecule has 304 valence electrons. The van der Waals surface area contributed by atoms with Gasteiger partial charge in [-0.3, -0.25) is 33.7 Å². The summed E-state index contributed by atoms with van der Waals surface area (Å²) < 4.78 is 5.31. The van der Waals surface area contributed by atoms with Crippen LogP contribution < -0.4 is 21.7 Å². The van der Waals surface area contributed by atoms with Gasteiger partial charge in [-0.25, -0.2) is 4.79 Å². The lowest BCUT2D eigenvalue weighted by atomic mass is 10.0. The number of carbonyl (C=O) groups is 7. The smallest absolute Gasteiger partial charge is 0.339 e. The van der Waals surface area contributed by atoms with Gasteiger partial charge in [0.25, 0.3) is 11.8 Å². The van der Waals surface area contributed by atoms with Crippen molar-refractivity contribution in [3.63, 3.8) is 0 Å². The first-order valence-electron chi connectivity index (χ1n) is 19.3. The third-order valence-electron chi connectivity index (χ3n) is 9.19. The van der Waals surface area contributed by atoms with E-state index >= 15 is 0 Å².